The number of nitrogens with one attached hydrogen (secondary N) is 1. The molecule has 0 aliphatic carbocycles. The maximum atomic E-state index is 12.7. The molecule has 33 heavy (non-hydrogen) atoms. The maximum absolute atomic E-state index is 12.7. The van der Waals surface area contributed by atoms with Gasteiger partial charge in [-0.2, -0.15) is 5.26 Å². The number of hydrogen-bond donors (Lipinski definition) is 1. The molecule has 0 atom stereocenters. The largest absolute Gasteiger partial charge is 0.325 e. The summed E-state index contributed by atoms with van der Waals surface area (Å²) in [7, 11) is 2.09. The van der Waals surface area contributed by atoms with E-state index in [0.717, 1.165) is 46.9 Å². The van der Waals surface area contributed by atoms with E-state index in [2.05, 4.69) is 50.2 Å². The fourth-order valence-electron chi connectivity index (χ4n) is 3.96. The van der Waals surface area contributed by atoms with Gasteiger partial charge in [0.15, 0.2) is 0 Å². The first-order valence-corrected chi connectivity index (χ1v) is 12.8. The van der Waals surface area contributed by atoms with E-state index in [-0.39, 0.29) is 17.1 Å². The molecule has 1 amide bonds. The van der Waals surface area contributed by atoms with Crippen molar-refractivity contribution in [2.75, 3.05) is 24.7 Å². The van der Waals surface area contributed by atoms with Crippen molar-refractivity contribution in [3.63, 3.8) is 0 Å². The van der Waals surface area contributed by atoms with Crippen LogP contribution in [0, 0.1) is 11.3 Å². The van der Waals surface area contributed by atoms with Crippen molar-refractivity contribution in [2.45, 2.75) is 44.2 Å². The topological polar surface area (TPSA) is 69.0 Å². The van der Waals surface area contributed by atoms with Crippen LogP contribution in [0.25, 0.3) is 10.4 Å². The monoisotopic (exact) mass is 476 g/mol. The summed E-state index contributed by atoms with van der Waals surface area (Å²) in [6, 6.07) is 14.4. The molecule has 0 radical (unpaired) electrons. The molecule has 0 saturated carbocycles. The van der Waals surface area contributed by atoms with E-state index in [1.54, 1.807) is 11.3 Å². The van der Waals surface area contributed by atoms with Crippen molar-refractivity contribution in [1.82, 2.24) is 9.88 Å². The van der Waals surface area contributed by atoms with E-state index in [1.165, 1.54) is 17.3 Å². The summed E-state index contributed by atoms with van der Waals surface area (Å²) < 4.78 is 0. The third-order valence-corrected chi connectivity index (χ3v) is 7.63. The number of thiophene rings is 1. The molecule has 1 aliphatic rings. The summed E-state index contributed by atoms with van der Waals surface area (Å²) >= 11 is 2.97. The van der Waals surface area contributed by atoms with Crippen molar-refractivity contribution < 1.29 is 4.79 Å². The number of nitriles is 1. The van der Waals surface area contributed by atoms with E-state index in [0.29, 0.717) is 10.6 Å². The Bertz CT molecular complexity index is 1190. The van der Waals surface area contributed by atoms with E-state index < -0.39 is 0 Å². The molecule has 4 rings (SSSR count). The second-order valence-electron chi connectivity index (χ2n) is 9.33. The van der Waals surface area contributed by atoms with Crippen LogP contribution in [-0.2, 0) is 23.2 Å². The average molecular weight is 477 g/mol. The lowest BCUT2D eigenvalue weighted by Crippen LogP contribution is -2.28. The lowest BCUT2D eigenvalue weighted by molar-refractivity contribution is -0.113. The molecule has 0 bridgehead atoms. The minimum absolute atomic E-state index is 0.0687. The second-order valence-corrected chi connectivity index (χ2v) is 11.2. The number of pyridine rings is 1. The number of carbonyl (C=O) groups excluding carboxylic acids is 1. The molecule has 7 heteroatoms. The highest BCUT2D eigenvalue weighted by molar-refractivity contribution is 8.00. The minimum Gasteiger partial charge on any atom is -0.325 e. The number of nitrogens with zero attached hydrogens (tertiary/aromatic N) is 3. The number of benzene rings is 1. The molecule has 170 valence electrons. The van der Waals surface area contributed by atoms with Crippen LogP contribution in [0.2, 0.25) is 0 Å². The zero-order chi connectivity index (χ0) is 23.6. The SMILES string of the molecule is CN1CCc2nc(SCC(=O)Nc3ccc(C(C)(C)C)cc3)c(C#N)c(-c3cccs3)c2C1. The molecule has 0 spiro atoms. The van der Waals surface area contributed by atoms with Crippen LogP contribution >= 0.6 is 23.1 Å². The van der Waals surface area contributed by atoms with Gasteiger partial charge < -0.3 is 10.2 Å². The van der Waals surface area contributed by atoms with Gasteiger partial charge in [0.05, 0.1) is 11.3 Å². The van der Waals surface area contributed by atoms with E-state index in [4.69, 9.17) is 4.98 Å². The number of thioether (sulfide) groups is 1. The molecule has 0 unspecified atom stereocenters. The predicted octanol–water partition coefficient (Wildman–Crippen LogP) is 5.70. The number of carbonyl (C=O) groups is 1. The lowest BCUT2D eigenvalue weighted by atomic mass is 9.87. The number of amides is 1. The predicted molar refractivity (Wildman–Crippen MR) is 137 cm³/mol. The molecular weight excluding hydrogens is 448 g/mol. The number of aromatic nitrogens is 1. The summed E-state index contributed by atoms with van der Waals surface area (Å²) in [5, 5.41) is 15.7. The summed E-state index contributed by atoms with van der Waals surface area (Å²) in [5.74, 6) is 0.0926. The fraction of sp³-hybridized carbons (Fsp3) is 0.346. The van der Waals surface area contributed by atoms with Crippen LogP contribution in [0.5, 0.6) is 0 Å². The number of fused-ring (bicyclic) bond motifs is 1. The molecule has 0 saturated heterocycles. The van der Waals surface area contributed by atoms with Gasteiger partial charge >= 0.3 is 0 Å². The van der Waals surface area contributed by atoms with Gasteiger partial charge in [-0.05, 0) is 47.2 Å². The fourth-order valence-corrected chi connectivity index (χ4v) is 5.57. The van der Waals surface area contributed by atoms with Gasteiger partial charge in [0.1, 0.15) is 11.1 Å². The molecule has 1 aromatic carbocycles. The van der Waals surface area contributed by atoms with E-state index >= 15 is 0 Å². The minimum atomic E-state index is -0.107. The first-order chi connectivity index (χ1) is 15.8. The highest BCUT2D eigenvalue weighted by Gasteiger charge is 2.25. The van der Waals surface area contributed by atoms with Gasteiger partial charge in [0, 0.05) is 41.3 Å². The van der Waals surface area contributed by atoms with Crippen molar-refractivity contribution in [3.8, 4) is 16.5 Å². The highest BCUT2D eigenvalue weighted by Crippen LogP contribution is 2.39. The van der Waals surface area contributed by atoms with Crippen molar-refractivity contribution >= 4 is 34.7 Å². The van der Waals surface area contributed by atoms with Crippen LogP contribution in [-0.4, -0.2) is 35.1 Å². The van der Waals surface area contributed by atoms with Gasteiger partial charge in [0.25, 0.3) is 0 Å². The van der Waals surface area contributed by atoms with Gasteiger partial charge in [-0.3, -0.25) is 4.79 Å². The first-order valence-electron chi connectivity index (χ1n) is 11.0. The standard InChI is InChI=1S/C26H28N4OS2/c1-26(2,3)17-7-9-18(10-8-17)28-23(31)16-33-25-19(14-27)24(22-6-5-13-32-22)20-15-30(4)12-11-21(20)29-25/h5-10,13H,11-12,15-16H2,1-4H3,(H,28,31). The Morgan fingerprint density at radius 2 is 2.03 bits per heavy atom. The van der Waals surface area contributed by atoms with Gasteiger partial charge in [-0.25, -0.2) is 4.98 Å². The van der Waals surface area contributed by atoms with Crippen molar-refractivity contribution in [2.24, 2.45) is 0 Å². The third kappa shape index (κ3) is 5.30. The molecule has 1 aliphatic heterocycles. The molecule has 0 fully saturated rings. The van der Waals surface area contributed by atoms with E-state index in [1.807, 2.05) is 35.7 Å². The molecule has 2 aromatic heterocycles. The second kappa shape index (κ2) is 9.68. The molecule has 3 aromatic rings. The summed E-state index contributed by atoms with van der Waals surface area (Å²) in [4.78, 5) is 20.8. The van der Waals surface area contributed by atoms with Crippen LogP contribution in [0.3, 0.4) is 0 Å². The van der Waals surface area contributed by atoms with Crippen LogP contribution < -0.4 is 5.32 Å². The smallest absolute Gasteiger partial charge is 0.234 e. The van der Waals surface area contributed by atoms with Gasteiger partial charge in [-0.15, -0.1) is 11.3 Å². The Labute approximate surface area is 203 Å². The molecule has 5 nitrogen and oxygen atoms in total. The van der Waals surface area contributed by atoms with Crippen LogP contribution in [0.4, 0.5) is 5.69 Å². The third-order valence-electron chi connectivity index (χ3n) is 5.76. The Balaban J connectivity index is 1.55. The Morgan fingerprint density at radius 3 is 2.67 bits per heavy atom. The van der Waals surface area contributed by atoms with Gasteiger partial charge in [-0.1, -0.05) is 50.7 Å². The van der Waals surface area contributed by atoms with E-state index in [9.17, 15) is 10.1 Å². The number of hydrogen-bond acceptors (Lipinski definition) is 6. The van der Waals surface area contributed by atoms with Crippen molar-refractivity contribution in [3.05, 3.63) is 64.2 Å². The summed E-state index contributed by atoms with van der Waals surface area (Å²) in [6.07, 6.45) is 0.843. The molecular formula is C26H28N4OS2. The normalized spacial score (nSPS) is 13.9. The Hall–Kier alpha value is -2.66. The zero-order valence-electron chi connectivity index (χ0n) is 19.4. The first kappa shape index (κ1) is 23.5. The van der Waals surface area contributed by atoms with Crippen molar-refractivity contribution in [1.29, 1.82) is 5.26 Å². The average Bonchev–Trinajstić information content (AvgIpc) is 3.31. The summed E-state index contributed by atoms with van der Waals surface area (Å²) in [5.41, 5.74) is 5.78. The molecule has 3 heterocycles. The van der Waals surface area contributed by atoms with Crippen LogP contribution in [0.1, 0.15) is 43.2 Å². The Kier molecular flexibility index (Phi) is 6.89. The summed E-state index contributed by atoms with van der Waals surface area (Å²) in [6.45, 7) is 8.21. The van der Waals surface area contributed by atoms with Crippen LogP contribution in [0.15, 0.2) is 46.8 Å². The highest BCUT2D eigenvalue weighted by atomic mass is 32.2. The molecule has 1 N–H and O–H groups in total. The number of likely N-dealkylation sites (N-methyl/N-ethyl adjacent to an activating group) is 1. The van der Waals surface area contributed by atoms with Gasteiger partial charge in [0.2, 0.25) is 5.91 Å². The number of rotatable bonds is 5. The Morgan fingerprint density at radius 1 is 1.27 bits per heavy atom. The zero-order valence-corrected chi connectivity index (χ0v) is 21.1. The number of anilines is 1. The lowest BCUT2D eigenvalue weighted by Gasteiger charge is -2.27. The quantitative estimate of drug-likeness (QED) is 0.479. The maximum Gasteiger partial charge on any atom is 0.234 e.